The van der Waals surface area contributed by atoms with Crippen LogP contribution in [0.5, 0.6) is 5.75 Å². The van der Waals surface area contributed by atoms with Gasteiger partial charge in [0.1, 0.15) is 11.9 Å². The summed E-state index contributed by atoms with van der Waals surface area (Å²) < 4.78 is 11.3. The molecule has 1 N–H and O–H groups in total. The predicted octanol–water partition coefficient (Wildman–Crippen LogP) is 2.14. The zero-order chi connectivity index (χ0) is 13.8. The lowest BCUT2D eigenvalue weighted by Crippen LogP contribution is -2.37. The van der Waals surface area contributed by atoms with Crippen molar-refractivity contribution < 1.29 is 9.47 Å². The Morgan fingerprint density at radius 1 is 1.30 bits per heavy atom. The Kier molecular flexibility index (Phi) is 4.43. The fourth-order valence-electron chi connectivity index (χ4n) is 2.76. The van der Waals surface area contributed by atoms with Crippen molar-refractivity contribution in [3.63, 3.8) is 0 Å². The fraction of sp³-hybridized carbons (Fsp3) is 0.625. The first kappa shape index (κ1) is 13.7. The SMILES string of the molecule is CCC1CNc2cc(CCN3CCOCC3)ccc2O1. The first-order valence-electron chi connectivity index (χ1n) is 7.68. The van der Waals surface area contributed by atoms with Crippen LogP contribution in [-0.4, -0.2) is 50.4 Å². The fourth-order valence-corrected chi connectivity index (χ4v) is 2.76. The molecule has 1 aromatic carbocycles. The monoisotopic (exact) mass is 276 g/mol. The number of anilines is 1. The van der Waals surface area contributed by atoms with E-state index in [2.05, 4.69) is 35.3 Å². The molecule has 0 spiro atoms. The number of hydrogen-bond acceptors (Lipinski definition) is 4. The average molecular weight is 276 g/mol. The molecule has 0 amide bonds. The van der Waals surface area contributed by atoms with Gasteiger partial charge < -0.3 is 14.8 Å². The van der Waals surface area contributed by atoms with Crippen LogP contribution >= 0.6 is 0 Å². The van der Waals surface area contributed by atoms with Crippen LogP contribution in [0.2, 0.25) is 0 Å². The number of rotatable bonds is 4. The van der Waals surface area contributed by atoms with E-state index < -0.39 is 0 Å². The molecule has 0 saturated carbocycles. The molecule has 0 radical (unpaired) electrons. The predicted molar refractivity (Wildman–Crippen MR) is 80.6 cm³/mol. The van der Waals surface area contributed by atoms with Crippen molar-refractivity contribution in [3.8, 4) is 5.75 Å². The summed E-state index contributed by atoms with van der Waals surface area (Å²) in [4.78, 5) is 2.47. The van der Waals surface area contributed by atoms with Gasteiger partial charge in [-0.15, -0.1) is 0 Å². The van der Waals surface area contributed by atoms with Crippen LogP contribution in [0.1, 0.15) is 18.9 Å². The Bertz CT molecular complexity index is 444. The number of nitrogens with zero attached hydrogens (tertiary/aromatic N) is 1. The minimum absolute atomic E-state index is 0.307. The molecule has 1 saturated heterocycles. The number of benzene rings is 1. The quantitative estimate of drug-likeness (QED) is 0.913. The third kappa shape index (κ3) is 3.25. The first-order chi connectivity index (χ1) is 9.85. The van der Waals surface area contributed by atoms with E-state index in [9.17, 15) is 0 Å². The largest absolute Gasteiger partial charge is 0.486 e. The molecule has 2 aliphatic rings. The molecule has 1 aromatic rings. The van der Waals surface area contributed by atoms with E-state index in [1.165, 1.54) is 5.56 Å². The van der Waals surface area contributed by atoms with Gasteiger partial charge in [-0.3, -0.25) is 4.90 Å². The first-order valence-corrected chi connectivity index (χ1v) is 7.68. The zero-order valence-corrected chi connectivity index (χ0v) is 12.2. The minimum Gasteiger partial charge on any atom is -0.486 e. The summed E-state index contributed by atoms with van der Waals surface area (Å²) in [7, 11) is 0. The van der Waals surface area contributed by atoms with E-state index in [-0.39, 0.29) is 0 Å². The van der Waals surface area contributed by atoms with Gasteiger partial charge in [-0.1, -0.05) is 13.0 Å². The van der Waals surface area contributed by atoms with Gasteiger partial charge in [0.15, 0.2) is 0 Å². The lowest BCUT2D eigenvalue weighted by atomic mass is 10.1. The van der Waals surface area contributed by atoms with E-state index in [4.69, 9.17) is 9.47 Å². The molecule has 1 atom stereocenters. The van der Waals surface area contributed by atoms with Gasteiger partial charge in [0, 0.05) is 19.6 Å². The highest BCUT2D eigenvalue weighted by Crippen LogP contribution is 2.30. The molecular formula is C16H24N2O2. The number of fused-ring (bicyclic) bond motifs is 1. The second-order valence-electron chi connectivity index (χ2n) is 5.56. The number of hydrogen-bond donors (Lipinski definition) is 1. The molecule has 0 bridgehead atoms. The van der Waals surface area contributed by atoms with Crippen LogP contribution in [0.3, 0.4) is 0 Å². The highest BCUT2D eigenvalue weighted by Gasteiger charge is 2.18. The van der Waals surface area contributed by atoms with Gasteiger partial charge in [-0.05, 0) is 30.5 Å². The Hall–Kier alpha value is -1.26. The second-order valence-corrected chi connectivity index (χ2v) is 5.56. The summed E-state index contributed by atoms with van der Waals surface area (Å²) in [6.07, 6.45) is 2.44. The lowest BCUT2D eigenvalue weighted by molar-refractivity contribution is 0.0384. The summed E-state index contributed by atoms with van der Waals surface area (Å²) in [5.41, 5.74) is 2.52. The van der Waals surface area contributed by atoms with Gasteiger partial charge in [0.2, 0.25) is 0 Å². The Balaban J connectivity index is 1.58. The highest BCUT2D eigenvalue weighted by molar-refractivity contribution is 5.59. The Labute approximate surface area is 121 Å². The maximum Gasteiger partial charge on any atom is 0.142 e. The van der Waals surface area contributed by atoms with Crippen LogP contribution in [0.15, 0.2) is 18.2 Å². The molecule has 1 unspecified atom stereocenters. The van der Waals surface area contributed by atoms with Crippen molar-refractivity contribution in [2.45, 2.75) is 25.9 Å². The third-order valence-corrected chi connectivity index (χ3v) is 4.13. The molecule has 0 aromatic heterocycles. The van der Waals surface area contributed by atoms with Crippen molar-refractivity contribution in [2.24, 2.45) is 0 Å². The molecule has 3 rings (SSSR count). The van der Waals surface area contributed by atoms with Crippen LogP contribution in [0.4, 0.5) is 5.69 Å². The van der Waals surface area contributed by atoms with E-state index in [1.807, 2.05) is 0 Å². The van der Waals surface area contributed by atoms with E-state index >= 15 is 0 Å². The summed E-state index contributed by atoms with van der Waals surface area (Å²) in [5.74, 6) is 0.998. The van der Waals surface area contributed by atoms with Crippen molar-refractivity contribution in [3.05, 3.63) is 23.8 Å². The molecule has 1 fully saturated rings. The molecule has 4 nitrogen and oxygen atoms in total. The third-order valence-electron chi connectivity index (χ3n) is 4.13. The number of morpholine rings is 1. The smallest absolute Gasteiger partial charge is 0.142 e. The number of nitrogens with one attached hydrogen (secondary N) is 1. The molecule has 110 valence electrons. The number of ether oxygens (including phenoxy) is 2. The average Bonchev–Trinajstić information content (AvgIpc) is 2.53. The maximum atomic E-state index is 5.94. The molecular weight excluding hydrogens is 252 g/mol. The van der Waals surface area contributed by atoms with Crippen LogP contribution < -0.4 is 10.1 Å². The van der Waals surface area contributed by atoms with Gasteiger partial charge >= 0.3 is 0 Å². The van der Waals surface area contributed by atoms with Gasteiger partial charge in [-0.2, -0.15) is 0 Å². The van der Waals surface area contributed by atoms with Crippen LogP contribution in [0.25, 0.3) is 0 Å². The molecule has 0 aliphatic carbocycles. The van der Waals surface area contributed by atoms with Crippen LogP contribution in [-0.2, 0) is 11.2 Å². The second kappa shape index (κ2) is 6.46. The zero-order valence-electron chi connectivity index (χ0n) is 12.2. The molecule has 20 heavy (non-hydrogen) atoms. The van der Waals surface area contributed by atoms with E-state index in [1.54, 1.807) is 0 Å². The van der Waals surface area contributed by atoms with Crippen molar-refractivity contribution in [1.29, 1.82) is 0 Å². The summed E-state index contributed by atoms with van der Waals surface area (Å²) in [6, 6.07) is 6.54. The Morgan fingerprint density at radius 3 is 2.95 bits per heavy atom. The summed E-state index contributed by atoms with van der Waals surface area (Å²) in [6.45, 7) is 8.05. The Morgan fingerprint density at radius 2 is 2.15 bits per heavy atom. The van der Waals surface area contributed by atoms with Crippen LogP contribution in [0, 0.1) is 0 Å². The lowest BCUT2D eigenvalue weighted by Gasteiger charge is -2.28. The van der Waals surface area contributed by atoms with Crippen molar-refractivity contribution >= 4 is 5.69 Å². The molecule has 2 aliphatic heterocycles. The highest BCUT2D eigenvalue weighted by atomic mass is 16.5. The van der Waals surface area contributed by atoms with Gasteiger partial charge in [-0.25, -0.2) is 0 Å². The summed E-state index contributed by atoms with van der Waals surface area (Å²) in [5, 5.41) is 3.48. The summed E-state index contributed by atoms with van der Waals surface area (Å²) >= 11 is 0. The standard InChI is InChI=1S/C16H24N2O2/c1-2-14-12-17-15-11-13(3-4-16(15)20-14)5-6-18-7-9-19-10-8-18/h3-4,11,14,17H,2,5-10,12H2,1H3. The minimum atomic E-state index is 0.307. The normalized spacial score (nSPS) is 22.8. The van der Waals surface area contributed by atoms with Gasteiger partial charge in [0.05, 0.1) is 25.4 Å². The topological polar surface area (TPSA) is 33.7 Å². The van der Waals surface area contributed by atoms with Gasteiger partial charge in [0.25, 0.3) is 0 Å². The maximum absolute atomic E-state index is 5.94. The molecule has 2 heterocycles. The molecule has 4 heteroatoms. The van der Waals surface area contributed by atoms with Crippen molar-refractivity contribution in [1.82, 2.24) is 4.90 Å². The van der Waals surface area contributed by atoms with E-state index in [0.29, 0.717) is 6.10 Å². The van der Waals surface area contributed by atoms with Crippen molar-refractivity contribution in [2.75, 3.05) is 44.7 Å². The van der Waals surface area contributed by atoms with E-state index in [0.717, 1.165) is 63.7 Å².